The topological polar surface area (TPSA) is 85.5 Å². The van der Waals surface area contributed by atoms with Crippen LogP contribution in [0.15, 0.2) is 0 Å². The molecule has 0 heterocycles. The van der Waals surface area contributed by atoms with Crippen LogP contribution in [0, 0.1) is 0 Å². The fourth-order valence-corrected chi connectivity index (χ4v) is 0. The molecule has 5 heavy (non-hydrogen) atoms. The average Bonchev–Trinajstić information content (AvgIpc) is 0. The van der Waals surface area contributed by atoms with E-state index in [1.54, 1.807) is 0 Å². The van der Waals surface area contributed by atoms with Crippen LogP contribution in [0.2, 0.25) is 0 Å². The molecule has 0 spiro atoms. The van der Waals surface area contributed by atoms with Gasteiger partial charge in [-0.05, 0) is 0 Å². The second-order valence-electron chi connectivity index (χ2n) is 0. The average molecular weight is 203 g/mol. The molecular formula is MoNiO3-6. The second kappa shape index (κ2) is 74.1. The molecule has 40 valence electrons. The smallest absolute Gasteiger partial charge is 0 e. The summed E-state index contributed by atoms with van der Waals surface area (Å²) in [5, 5.41) is 0. The van der Waals surface area contributed by atoms with Gasteiger partial charge < -0.3 is 16.4 Å². The Kier molecular flexibility index (Phi) is 2040. The monoisotopic (exact) mass is 204 g/mol. The fraction of sp³-hybridized carbons (Fsp3) is 0. The molecule has 0 N–H and O–H groups in total. The Bertz CT molecular complexity index is 6.85. The van der Waals surface area contributed by atoms with Crippen LogP contribution in [0.25, 0.3) is 0 Å². The predicted octanol–water partition coefficient (Wildman–Crippen LogP) is -0.361. The van der Waals surface area contributed by atoms with Gasteiger partial charge in [-0.1, -0.05) is 0 Å². The maximum absolute atomic E-state index is 0. The van der Waals surface area contributed by atoms with Crippen LogP contribution in [0.4, 0.5) is 0 Å². The Morgan fingerprint density at radius 1 is 0.600 bits per heavy atom. The van der Waals surface area contributed by atoms with Gasteiger partial charge in [0.25, 0.3) is 0 Å². The molecule has 5 heteroatoms. The van der Waals surface area contributed by atoms with Crippen LogP contribution in [0.1, 0.15) is 0 Å². The molecule has 0 amide bonds. The van der Waals surface area contributed by atoms with E-state index in [0.29, 0.717) is 0 Å². The minimum absolute atomic E-state index is 0. The van der Waals surface area contributed by atoms with Gasteiger partial charge in [0.2, 0.25) is 0 Å². The molecule has 0 aromatic carbocycles. The molecule has 0 rings (SSSR count). The molecule has 0 aromatic heterocycles. The summed E-state index contributed by atoms with van der Waals surface area (Å²) < 4.78 is 0. The van der Waals surface area contributed by atoms with E-state index in [1.165, 1.54) is 0 Å². The van der Waals surface area contributed by atoms with Crippen molar-refractivity contribution in [2.75, 3.05) is 0 Å². The Labute approximate surface area is 54.2 Å². The van der Waals surface area contributed by atoms with Crippen molar-refractivity contribution >= 4 is 0 Å². The maximum atomic E-state index is 0. The summed E-state index contributed by atoms with van der Waals surface area (Å²) in [6.45, 7) is 0. The van der Waals surface area contributed by atoms with Gasteiger partial charge in [0.1, 0.15) is 0 Å². The van der Waals surface area contributed by atoms with E-state index in [0.717, 1.165) is 0 Å². The summed E-state index contributed by atoms with van der Waals surface area (Å²) in [4.78, 5) is 0. The zero-order chi connectivity index (χ0) is 0. The summed E-state index contributed by atoms with van der Waals surface area (Å²) in [5.41, 5.74) is 0. The first-order chi connectivity index (χ1) is 0. The third kappa shape index (κ3) is 42.1. The molecule has 0 aliphatic rings. The third-order valence-electron chi connectivity index (χ3n) is 0. The first-order valence-corrected chi connectivity index (χ1v) is 0. The van der Waals surface area contributed by atoms with Crippen molar-refractivity contribution < 1.29 is 54.0 Å². The zero-order valence-corrected chi connectivity index (χ0v) is 4.94. The quantitative estimate of drug-likeness (QED) is 0.481. The van der Waals surface area contributed by atoms with Crippen LogP contribution in [-0.2, 0) is 54.0 Å². The molecule has 0 aliphatic carbocycles. The molecule has 0 unspecified atom stereocenters. The van der Waals surface area contributed by atoms with Gasteiger partial charge in [0, 0.05) is 37.6 Å². The third-order valence-corrected chi connectivity index (χ3v) is 0. The minimum atomic E-state index is 0. The maximum Gasteiger partial charge on any atom is 0 e. The Hall–Kier alpha value is 1.06. The van der Waals surface area contributed by atoms with Crippen molar-refractivity contribution in [3.63, 3.8) is 0 Å². The molecule has 0 aliphatic heterocycles. The van der Waals surface area contributed by atoms with Crippen LogP contribution in [-0.4, -0.2) is 0 Å². The normalized spacial score (nSPS) is 0. The molecule has 3 nitrogen and oxygen atoms in total. The van der Waals surface area contributed by atoms with E-state index in [4.69, 9.17) is 0 Å². The van der Waals surface area contributed by atoms with Crippen molar-refractivity contribution in [2.24, 2.45) is 0 Å². The van der Waals surface area contributed by atoms with E-state index in [9.17, 15) is 0 Å². The molecule has 0 aromatic rings. The molecule has 0 saturated carbocycles. The predicted molar refractivity (Wildman–Crippen MR) is 2.06 cm³/mol. The van der Waals surface area contributed by atoms with Crippen molar-refractivity contribution in [3.8, 4) is 0 Å². The van der Waals surface area contributed by atoms with Gasteiger partial charge in [0.05, 0.1) is 0 Å². The minimum Gasteiger partial charge on any atom is -2.00 e. The van der Waals surface area contributed by atoms with Gasteiger partial charge in [0.15, 0.2) is 0 Å². The van der Waals surface area contributed by atoms with Crippen LogP contribution in [0.3, 0.4) is 0 Å². The van der Waals surface area contributed by atoms with Crippen molar-refractivity contribution in [1.82, 2.24) is 0 Å². The van der Waals surface area contributed by atoms with Crippen molar-refractivity contribution in [3.05, 3.63) is 0 Å². The van der Waals surface area contributed by atoms with Crippen LogP contribution in [0.5, 0.6) is 0 Å². The summed E-state index contributed by atoms with van der Waals surface area (Å²) in [6.07, 6.45) is 0. The number of hydrogen-bond acceptors (Lipinski definition) is 0. The SMILES string of the molecule is [Mo].[Ni].[O-2].[O-2].[O-2]. The number of hydrogen-bond donors (Lipinski definition) is 0. The fourth-order valence-electron chi connectivity index (χ4n) is 0. The second-order valence-corrected chi connectivity index (χ2v) is 0. The Morgan fingerprint density at radius 3 is 0.600 bits per heavy atom. The Morgan fingerprint density at radius 2 is 0.600 bits per heavy atom. The van der Waals surface area contributed by atoms with Gasteiger partial charge in [-0.25, -0.2) is 0 Å². The summed E-state index contributed by atoms with van der Waals surface area (Å²) in [5.74, 6) is 0. The van der Waals surface area contributed by atoms with E-state index in [2.05, 4.69) is 0 Å². The van der Waals surface area contributed by atoms with Crippen molar-refractivity contribution in [2.45, 2.75) is 0 Å². The van der Waals surface area contributed by atoms with E-state index >= 15 is 0 Å². The zero-order valence-electron chi connectivity index (χ0n) is 1.95. The van der Waals surface area contributed by atoms with E-state index in [-0.39, 0.29) is 54.0 Å². The number of rotatable bonds is 0. The summed E-state index contributed by atoms with van der Waals surface area (Å²) >= 11 is 0. The summed E-state index contributed by atoms with van der Waals surface area (Å²) in [6, 6.07) is 0. The standard InChI is InChI=1S/Mo.Ni.3O/q;;3*-2. The molecule has 0 fully saturated rings. The van der Waals surface area contributed by atoms with Gasteiger partial charge in [-0.2, -0.15) is 0 Å². The first kappa shape index (κ1) is 138. The van der Waals surface area contributed by atoms with E-state index < -0.39 is 0 Å². The molecule has 0 saturated heterocycles. The molecule has 0 radical (unpaired) electrons. The Balaban J connectivity index is 0. The van der Waals surface area contributed by atoms with Gasteiger partial charge in [-0.15, -0.1) is 0 Å². The molecule has 0 bridgehead atoms. The van der Waals surface area contributed by atoms with E-state index in [1.807, 2.05) is 0 Å². The first-order valence-electron chi connectivity index (χ1n) is 0. The molecular weight excluding hydrogens is 203 g/mol. The van der Waals surface area contributed by atoms with Crippen LogP contribution < -0.4 is 0 Å². The van der Waals surface area contributed by atoms with Crippen molar-refractivity contribution in [1.29, 1.82) is 0 Å². The van der Waals surface area contributed by atoms with Crippen LogP contribution >= 0.6 is 0 Å². The van der Waals surface area contributed by atoms with Gasteiger partial charge >= 0.3 is 0 Å². The summed E-state index contributed by atoms with van der Waals surface area (Å²) in [7, 11) is 0. The van der Waals surface area contributed by atoms with Gasteiger partial charge in [-0.3, -0.25) is 0 Å². The molecule has 0 atom stereocenters. The largest absolute Gasteiger partial charge is 2.00 e.